The van der Waals surface area contributed by atoms with Crippen molar-refractivity contribution in [3.05, 3.63) is 35.2 Å². The highest BCUT2D eigenvalue weighted by atomic mass is 16.7. The highest BCUT2D eigenvalue weighted by molar-refractivity contribution is 5.88. The Labute approximate surface area is 141 Å². The number of rotatable bonds is 2. The summed E-state index contributed by atoms with van der Waals surface area (Å²) in [6.07, 6.45) is 0. The van der Waals surface area contributed by atoms with E-state index in [9.17, 15) is 0 Å². The maximum atomic E-state index is 5.50. The summed E-state index contributed by atoms with van der Waals surface area (Å²) in [5.41, 5.74) is 6.32. The van der Waals surface area contributed by atoms with Gasteiger partial charge in [0.1, 0.15) is 0 Å². The van der Waals surface area contributed by atoms with E-state index >= 15 is 0 Å². The van der Waals surface area contributed by atoms with Gasteiger partial charge in [-0.2, -0.15) is 5.10 Å². The van der Waals surface area contributed by atoms with Crippen molar-refractivity contribution in [2.75, 3.05) is 6.79 Å². The van der Waals surface area contributed by atoms with Crippen molar-refractivity contribution < 1.29 is 9.47 Å². The Morgan fingerprint density at radius 2 is 1.75 bits per heavy atom. The Hall–Kier alpha value is -2.56. The van der Waals surface area contributed by atoms with E-state index in [4.69, 9.17) is 14.5 Å². The van der Waals surface area contributed by atoms with Crippen LogP contribution < -0.4 is 9.47 Å². The second-order valence-electron chi connectivity index (χ2n) is 6.63. The lowest BCUT2D eigenvalue weighted by atomic mass is 10.0. The Morgan fingerprint density at radius 1 is 1.04 bits per heavy atom. The van der Waals surface area contributed by atoms with Crippen LogP contribution in [0.2, 0.25) is 0 Å². The predicted octanol–water partition coefficient (Wildman–Crippen LogP) is 4.33. The molecule has 0 saturated heterocycles. The van der Waals surface area contributed by atoms with Crippen LogP contribution in [0.3, 0.4) is 0 Å². The quantitative estimate of drug-likeness (QED) is 0.704. The third kappa shape index (κ3) is 2.15. The molecule has 124 valence electrons. The number of aryl methyl sites for hydroxylation is 2. The molecule has 1 aromatic carbocycles. The number of aromatic nitrogens is 3. The summed E-state index contributed by atoms with van der Waals surface area (Å²) in [4.78, 5) is 4.89. The maximum absolute atomic E-state index is 5.50. The highest BCUT2D eigenvalue weighted by Gasteiger charge is 2.19. The molecule has 24 heavy (non-hydrogen) atoms. The van der Waals surface area contributed by atoms with Crippen molar-refractivity contribution in [3.63, 3.8) is 0 Å². The molecule has 0 spiro atoms. The molecular formula is C19H21N3O2. The number of hydrogen-bond acceptors (Lipinski definition) is 4. The van der Waals surface area contributed by atoms with E-state index in [1.54, 1.807) is 0 Å². The lowest BCUT2D eigenvalue weighted by Gasteiger charge is -2.10. The fourth-order valence-electron chi connectivity index (χ4n) is 3.45. The first-order valence-corrected chi connectivity index (χ1v) is 8.22. The second-order valence-corrected chi connectivity index (χ2v) is 6.63. The minimum atomic E-state index is 0.275. The van der Waals surface area contributed by atoms with Gasteiger partial charge in [-0.1, -0.05) is 0 Å². The van der Waals surface area contributed by atoms with E-state index in [0.717, 1.165) is 45.0 Å². The van der Waals surface area contributed by atoms with Crippen LogP contribution in [0, 0.1) is 20.8 Å². The summed E-state index contributed by atoms with van der Waals surface area (Å²) in [5.74, 6) is 1.55. The van der Waals surface area contributed by atoms with Crippen LogP contribution in [-0.4, -0.2) is 21.6 Å². The summed E-state index contributed by atoms with van der Waals surface area (Å²) >= 11 is 0. The first kappa shape index (κ1) is 15.0. The molecule has 0 atom stereocenters. The third-order valence-electron chi connectivity index (χ3n) is 4.58. The Kier molecular flexibility index (Phi) is 3.27. The van der Waals surface area contributed by atoms with Crippen LogP contribution in [0.5, 0.6) is 11.5 Å². The third-order valence-corrected chi connectivity index (χ3v) is 4.58. The van der Waals surface area contributed by atoms with Crippen molar-refractivity contribution in [1.29, 1.82) is 0 Å². The second kappa shape index (κ2) is 5.23. The molecule has 0 amide bonds. The van der Waals surface area contributed by atoms with Gasteiger partial charge in [-0.15, -0.1) is 0 Å². The van der Waals surface area contributed by atoms with Gasteiger partial charge in [-0.05, 0) is 52.3 Å². The zero-order chi connectivity index (χ0) is 17.0. The van der Waals surface area contributed by atoms with Gasteiger partial charge in [0.2, 0.25) is 6.79 Å². The number of pyridine rings is 1. The van der Waals surface area contributed by atoms with Crippen LogP contribution in [-0.2, 0) is 0 Å². The molecule has 0 fully saturated rings. The highest BCUT2D eigenvalue weighted by Crippen LogP contribution is 2.38. The molecule has 2 aromatic heterocycles. The standard InChI is InChI=1S/C19H21N3O2/c1-10(2)22-13(5)19(12(4)21-22)16-6-11(3)14-7-17-18(24-9-23-17)8-15(14)20-16/h6-8,10H,9H2,1-5H3. The number of ether oxygens (including phenoxy) is 2. The van der Waals surface area contributed by atoms with Crippen LogP contribution >= 0.6 is 0 Å². The number of hydrogen-bond donors (Lipinski definition) is 0. The van der Waals surface area contributed by atoms with Gasteiger partial charge in [-0.3, -0.25) is 4.68 Å². The van der Waals surface area contributed by atoms with Crippen LogP contribution in [0.4, 0.5) is 0 Å². The van der Waals surface area contributed by atoms with Crippen molar-refractivity contribution in [3.8, 4) is 22.8 Å². The molecule has 0 radical (unpaired) electrons. The van der Waals surface area contributed by atoms with Crippen molar-refractivity contribution >= 4 is 10.9 Å². The van der Waals surface area contributed by atoms with Gasteiger partial charge in [0.15, 0.2) is 11.5 Å². The van der Waals surface area contributed by atoms with Crippen molar-refractivity contribution in [2.45, 2.75) is 40.7 Å². The molecular weight excluding hydrogens is 302 g/mol. The monoisotopic (exact) mass is 323 g/mol. The average Bonchev–Trinajstić information content (AvgIpc) is 3.09. The molecule has 4 rings (SSSR count). The zero-order valence-electron chi connectivity index (χ0n) is 14.7. The molecule has 1 aliphatic rings. The van der Waals surface area contributed by atoms with Crippen molar-refractivity contribution in [2.24, 2.45) is 0 Å². The molecule has 3 aromatic rings. The van der Waals surface area contributed by atoms with Gasteiger partial charge in [-0.25, -0.2) is 4.98 Å². The van der Waals surface area contributed by atoms with Crippen molar-refractivity contribution in [1.82, 2.24) is 14.8 Å². The minimum absolute atomic E-state index is 0.275. The lowest BCUT2D eigenvalue weighted by Crippen LogP contribution is -2.04. The van der Waals surface area contributed by atoms with Crippen LogP contribution in [0.1, 0.15) is 36.8 Å². The largest absolute Gasteiger partial charge is 0.454 e. The number of fused-ring (bicyclic) bond motifs is 2. The van der Waals surface area contributed by atoms with E-state index in [1.165, 1.54) is 5.56 Å². The van der Waals surface area contributed by atoms with E-state index in [-0.39, 0.29) is 6.79 Å². The topological polar surface area (TPSA) is 49.2 Å². The normalized spacial score (nSPS) is 13.2. The van der Waals surface area contributed by atoms with Gasteiger partial charge in [0, 0.05) is 28.8 Å². The molecule has 5 nitrogen and oxygen atoms in total. The molecule has 1 aliphatic heterocycles. The Balaban J connectivity index is 1.94. The van der Waals surface area contributed by atoms with E-state index < -0.39 is 0 Å². The lowest BCUT2D eigenvalue weighted by molar-refractivity contribution is 0.174. The Bertz CT molecular complexity index is 957. The molecule has 0 bridgehead atoms. The fourth-order valence-corrected chi connectivity index (χ4v) is 3.45. The van der Waals surface area contributed by atoms with Crippen LogP contribution in [0.25, 0.3) is 22.2 Å². The molecule has 0 N–H and O–H groups in total. The smallest absolute Gasteiger partial charge is 0.231 e. The summed E-state index contributed by atoms with van der Waals surface area (Å²) in [6, 6.07) is 6.44. The summed E-state index contributed by atoms with van der Waals surface area (Å²) in [7, 11) is 0. The summed E-state index contributed by atoms with van der Waals surface area (Å²) in [5, 5.41) is 5.78. The average molecular weight is 323 g/mol. The summed E-state index contributed by atoms with van der Waals surface area (Å²) < 4.78 is 13.0. The first-order chi connectivity index (χ1) is 11.5. The van der Waals surface area contributed by atoms with E-state index in [1.807, 2.05) is 19.1 Å². The number of benzene rings is 1. The maximum Gasteiger partial charge on any atom is 0.231 e. The van der Waals surface area contributed by atoms with Gasteiger partial charge in [0.05, 0.1) is 16.9 Å². The van der Waals surface area contributed by atoms with Gasteiger partial charge in [0.25, 0.3) is 0 Å². The zero-order valence-corrected chi connectivity index (χ0v) is 14.7. The molecule has 0 unspecified atom stereocenters. The minimum Gasteiger partial charge on any atom is -0.454 e. The predicted molar refractivity (Wildman–Crippen MR) is 93.7 cm³/mol. The molecule has 3 heterocycles. The SMILES string of the molecule is Cc1nn(C(C)C)c(C)c1-c1cc(C)c2cc3c(cc2n1)OCO3. The Morgan fingerprint density at radius 3 is 2.42 bits per heavy atom. The van der Waals surface area contributed by atoms with E-state index in [0.29, 0.717) is 6.04 Å². The summed E-state index contributed by atoms with van der Waals surface area (Å²) in [6.45, 7) is 10.8. The van der Waals surface area contributed by atoms with Crippen LogP contribution in [0.15, 0.2) is 18.2 Å². The number of nitrogens with zero attached hydrogens (tertiary/aromatic N) is 3. The van der Waals surface area contributed by atoms with Gasteiger partial charge < -0.3 is 9.47 Å². The molecule has 0 aliphatic carbocycles. The van der Waals surface area contributed by atoms with Gasteiger partial charge >= 0.3 is 0 Å². The first-order valence-electron chi connectivity index (χ1n) is 8.22. The molecule has 5 heteroatoms. The molecule has 0 saturated carbocycles. The fraction of sp³-hybridized carbons (Fsp3) is 0.368. The van der Waals surface area contributed by atoms with E-state index in [2.05, 4.69) is 43.5 Å².